The molecule has 0 spiro atoms. The average molecular weight is 915 g/mol. The van der Waals surface area contributed by atoms with Crippen LogP contribution in [-0.2, 0) is 32.7 Å². The maximum absolute atomic E-state index is 12.8. The molecular weight excluding hydrogens is 828 g/mol. The second-order valence-electron chi connectivity index (χ2n) is 17.0. The van der Waals surface area contributed by atoms with Crippen LogP contribution in [0.2, 0.25) is 0 Å². The Morgan fingerprint density at radius 3 is 1.35 bits per heavy atom. The molecule has 0 amide bonds. The van der Waals surface area contributed by atoms with Crippen LogP contribution >= 0.6 is 7.82 Å². The van der Waals surface area contributed by atoms with Gasteiger partial charge in [0, 0.05) is 12.8 Å². The zero-order valence-corrected chi connectivity index (χ0v) is 39.8. The van der Waals surface area contributed by atoms with Gasteiger partial charge in [-0.2, -0.15) is 0 Å². The van der Waals surface area contributed by atoms with Crippen molar-refractivity contribution in [1.82, 2.24) is 0 Å². The van der Waals surface area contributed by atoms with E-state index in [1.54, 1.807) is 0 Å². The van der Waals surface area contributed by atoms with Gasteiger partial charge in [-0.25, -0.2) is 4.57 Å². The first kappa shape index (κ1) is 58.8. The van der Waals surface area contributed by atoms with Crippen molar-refractivity contribution >= 4 is 19.8 Å². The summed E-state index contributed by atoms with van der Waals surface area (Å²) in [6, 6.07) is 0. The summed E-state index contributed by atoms with van der Waals surface area (Å²) in [5.74, 6) is -1.12. The molecule has 6 unspecified atom stereocenters. The van der Waals surface area contributed by atoms with Gasteiger partial charge in [-0.3, -0.25) is 18.6 Å². The topological polar surface area (TPSA) is 210 Å². The summed E-state index contributed by atoms with van der Waals surface area (Å²) >= 11 is 0. The number of carbonyl (C=O) groups excluding carboxylic acids is 2. The highest BCUT2D eigenvalue weighted by Gasteiger charge is 2.51. The fourth-order valence-electron chi connectivity index (χ4n) is 7.17. The van der Waals surface area contributed by atoms with Gasteiger partial charge in [0.05, 0.1) is 6.61 Å². The first-order valence-electron chi connectivity index (χ1n) is 24.4. The number of carbonyl (C=O) groups is 2. The van der Waals surface area contributed by atoms with Gasteiger partial charge in [0.1, 0.15) is 43.2 Å². The van der Waals surface area contributed by atoms with Gasteiger partial charge < -0.3 is 39.9 Å². The van der Waals surface area contributed by atoms with Crippen molar-refractivity contribution in [2.75, 3.05) is 13.2 Å². The minimum absolute atomic E-state index is 0.0795. The van der Waals surface area contributed by atoms with E-state index in [2.05, 4.69) is 62.5 Å². The molecule has 6 atom stereocenters. The lowest BCUT2D eigenvalue weighted by molar-refractivity contribution is -0.220. The number of unbranched alkanes of at least 4 members (excludes halogenated alkanes) is 20. The van der Waals surface area contributed by atoms with E-state index in [0.29, 0.717) is 12.8 Å². The van der Waals surface area contributed by atoms with Gasteiger partial charge in [-0.15, -0.1) is 0 Å². The molecule has 1 aliphatic carbocycles. The summed E-state index contributed by atoms with van der Waals surface area (Å²) in [5, 5.41) is 50.2. The van der Waals surface area contributed by atoms with Crippen LogP contribution in [0.5, 0.6) is 0 Å². The number of phosphoric ester groups is 1. The van der Waals surface area contributed by atoms with E-state index >= 15 is 0 Å². The average Bonchev–Trinajstić information content (AvgIpc) is 3.26. The molecule has 0 radical (unpaired) electrons. The Balaban J connectivity index is 2.45. The fourth-order valence-corrected chi connectivity index (χ4v) is 8.14. The molecule has 1 fully saturated rings. The first-order valence-corrected chi connectivity index (χ1v) is 25.9. The number of aliphatic hydroxyl groups excluding tert-OH is 5. The summed E-state index contributed by atoms with van der Waals surface area (Å²) in [6.07, 6.45) is 33.0. The summed E-state index contributed by atoms with van der Waals surface area (Å²) < 4.78 is 33.6. The number of hydrogen-bond acceptors (Lipinski definition) is 12. The van der Waals surface area contributed by atoms with Crippen LogP contribution in [-0.4, -0.2) is 98.3 Å². The maximum atomic E-state index is 12.8. The molecular formula is C49H87O13P. The lowest BCUT2D eigenvalue weighted by Crippen LogP contribution is -2.64. The zero-order valence-electron chi connectivity index (χ0n) is 38.9. The summed E-state index contributed by atoms with van der Waals surface area (Å²) in [7, 11) is -5.13. The Hall–Kier alpha value is -2.19. The molecule has 0 aromatic heterocycles. The van der Waals surface area contributed by atoms with E-state index in [4.69, 9.17) is 18.5 Å². The lowest BCUT2D eigenvalue weighted by atomic mass is 9.85. The smallest absolute Gasteiger partial charge is 0.462 e. The van der Waals surface area contributed by atoms with Crippen molar-refractivity contribution in [2.24, 2.45) is 0 Å². The number of aliphatic hydroxyl groups is 5. The van der Waals surface area contributed by atoms with Crippen molar-refractivity contribution in [3.05, 3.63) is 48.6 Å². The molecule has 0 aromatic carbocycles. The van der Waals surface area contributed by atoms with Crippen LogP contribution in [0.4, 0.5) is 0 Å². The van der Waals surface area contributed by atoms with E-state index in [0.717, 1.165) is 96.3 Å². The number of allylic oxidation sites excluding steroid dienone is 8. The first-order chi connectivity index (χ1) is 30.4. The molecule has 366 valence electrons. The van der Waals surface area contributed by atoms with Crippen LogP contribution in [0.15, 0.2) is 48.6 Å². The molecule has 1 rings (SSSR count). The highest BCUT2D eigenvalue weighted by atomic mass is 31.2. The molecule has 0 bridgehead atoms. The normalized spacial score (nSPS) is 22.1. The molecule has 14 heteroatoms. The third-order valence-electron chi connectivity index (χ3n) is 11.1. The number of phosphoric acid groups is 1. The predicted octanol–water partition coefficient (Wildman–Crippen LogP) is 9.95. The second kappa shape index (κ2) is 39.0. The SMILES string of the molecule is CCCCC/C=C\C/C=C\C/C=C\CCCCCCCCC(=O)OC(COC(=O)CCCCCCC/C=C\CCCCCCCC)COP(=O)(O)OC1C(O)C(O)C(O)C(O)C1O. The number of esters is 2. The van der Waals surface area contributed by atoms with Gasteiger partial charge in [0.25, 0.3) is 0 Å². The Morgan fingerprint density at radius 1 is 0.492 bits per heavy atom. The van der Waals surface area contributed by atoms with Gasteiger partial charge >= 0.3 is 19.8 Å². The van der Waals surface area contributed by atoms with E-state index in [1.165, 1.54) is 57.8 Å². The molecule has 0 aliphatic heterocycles. The van der Waals surface area contributed by atoms with E-state index in [1.807, 2.05) is 0 Å². The third kappa shape index (κ3) is 31.4. The zero-order chi connectivity index (χ0) is 46.4. The molecule has 0 saturated heterocycles. The molecule has 0 aromatic rings. The minimum Gasteiger partial charge on any atom is -0.462 e. The van der Waals surface area contributed by atoms with Gasteiger partial charge in [-0.05, 0) is 77.0 Å². The fraction of sp³-hybridized carbons (Fsp3) is 0.796. The Bertz CT molecular complexity index is 1290. The Kier molecular flexibility index (Phi) is 36.4. The molecule has 13 nitrogen and oxygen atoms in total. The van der Waals surface area contributed by atoms with Crippen LogP contribution in [0, 0.1) is 0 Å². The molecule has 0 heterocycles. The number of hydrogen-bond donors (Lipinski definition) is 6. The number of ether oxygens (including phenoxy) is 2. The summed E-state index contributed by atoms with van der Waals surface area (Å²) in [4.78, 5) is 35.8. The maximum Gasteiger partial charge on any atom is 0.472 e. The molecule has 63 heavy (non-hydrogen) atoms. The molecule has 1 saturated carbocycles. The lowest BCUT2D eigenvalue weighted by Gasteiger charge is -2.41. The van der Waals surface area contributed by atoms with E-state index in [9.17, 15) is 44.6 Å². The third-order valence-corrected chi connectivity index (χ3v) is 12.1. The molecule has 1 aliphatic rings. The van der Waals surface area contributed by atoms with Crippen LogP contribution in [0.25, 0.3) is 0 Å². The van der Waals surface area contributed by atoms with E-state index in [-0.39, 0.29) is 12.8 Å². The largest absolute Gasteiger partial charge is 0.472 e. The quantitative estimate of drug-likeness (QED) is 0.0147. The summed E-state index contributed by atoms with van der Waals surface area (Å²) in [6.45, 7) is 3.26. The van der Waals surface area contributed by atoms with Gasteiger partial charge in [-0.1, -0.05) is 152 Å². The monoisotopic (exact) mass is 915 g/mol. The van der Waals surface area contributed by atoms with Crippen LogP contribution < -0.4 is 0 Å². The van der Waals surface area contributed by atoms with Crippen molar-refractivity contribution in [3.63, 3.8) is 0 Å². The Morgan fingerprint density at radius 2 is 0.857 bits per heavy atom. The van der Waals surface area contributed by atoms with E-state index < -0.39 is 75.7 Å². The predicted molar refractivity (Wildman–Crippen MR) is 249 cm³/mol. The van der Waals surface area contributed by atoms with Crippen LogP contribution in [0.3, 0.4) is 0 Å². The molecule has 6 N–H and O–H groups in total. The van der Waals surface area contributed by atoms with Gasteiger partial charge in [0.2, 0.25) is 0 Å². The van der Waals surface area contributed by atoms with Crippen molar-refractivity contribution in [1.29, 1.82) is 0 Å². The Labute approximate surface area is 380 Å². The van der Waals surface area contributed by atoms with Gasteiger partial charge in [0.15, 0.2) is 6.10 Å². The highest BCUT2D eigenvalue weighted by molar-refractivity contribution is 7.47. The van der Waals surface area contributed by atoms with Crippen LogP contribution in [0.1, 0.15) is 194 Å². The standard InChI is InChI=1S/C49H87O13P/c1-3-5-7-9-11-13-15-17-19-20-21-22-24-26-28-30-32-34-36-38-43(51)61-41(40-60-63(57,58)62-49-47(55)45(53)44(52)46(54)48(49)56)39-59-42(50)37-35-33-31-29-27-25-23-18-16-14-12-10-8-6-4-2/h11,13,17-19,21-23,41,44-49,52-56H,3-10,12,14-16,20,24-40H2,1-2H3,(H,57,58)/b13-11-,19-17-,22-21-,23-18-. The summed E-state index contributed by atoms with van der Waals surface area (Å²) in [5.41, 5.74) is 0. The minimum atomic E-state index is -5.13. The van der Waals surface area contributed by atoms with Crippen molar-refractivity contribution in [2.45, 2.75) is 236 Å². The number of rotatable bonds is 40. The second-order valence-corrected chi connectivity index (χ2v) is 18.4. The van der Waals surface area contributed by atoms with Crippen molar-refractivity contribution in [3.8, 4) is 0 Å². The highest BCUT2D eigenvalue weighted by Crippen LogP contribution is 2.47. The van der Waals surface area contributed by atoms with Crippen molar-refractivity contribution < 1.29 is 63.1 Å².